The molecule has 2 heterocycles. The van der Waals surface area contributed by atoms with Crippen molar-refractivity contribution in [2.24, 2.45) is 0 Å². The Labute approximate surface area is 80.7 Å². The van der Waals surface area contributed by atoms with Crippen molar-refractivity contribution in [3.63, 3.8) is 0 Å². The van der Waals surface area contributed by atoms with E-state index in [4.69, 9.17) is 0 Å². The molecule has 2 fully saturated rings. The maximum atomic E-state index is 3.54. The molecular weight excluding hydrogens is 160 g/mol. The largest absolute Gasteiger partial charge is 0.302 e. The Morgan fingerprint density at radius 2 is 2.31 bits per heavy atom. The molecule has 2 aliphatic heterocycles. The van der Waals surface area contributed by atoms with E-state index in [-0.39, 0.29) is 0 Å². The van der Waals surface area contributed by atoms with Crippen LogP contribution < -0.4 is 5.32 Å². The second kappa shape index (κ2) is 4.13. The third-order valence-electron chi connectivity index (χ3n) is 3.24. The summed E-state index contributed by atoms with van der Waals surface area (Å²) in [6.45, 7) is 5.38. The fourth-order valence-corrected chi connectivity index (χ4v) is 2.59. The molecule has 72 valence electrons. The normalized spacial score (nSPS) is 32.7. The molecular formula is C11H18N2. The Balaban J connectivity index is 1.82. The highest BCUT2D eigenvalue weighted by Crippen LogP contribution is 2.27. The third-order valence-corrected chi connectivity index (χ3v) is 3.24. The number of rotatable bonds is 2. The van der Waals surface area contributed by atoms with Gasteiger partial charge in [0.25, 0.3) is 0 Å². The van der Waals surface area contributed by atoms with Crippen LogP contribution in [0.4, 0.5) is 0 Å². The molecule has 2 saturated heterocycles. The summed E-state index contributed by atoms with van der Waals surface area (Å²) >= 11 is 0. The fourth-order valence-electron chi connectivity index (χ4n) is 2.59. The van der Waals surface area contributed by atoms with Gasteiger partial charge in [-0.2, -0.15) is 0 Å². The molecule has 2 rings (SSSR count). The summed E-state index contributed by atoms with van der Waals surface area (Å²) in [5.41, 5.74) is 0. The van der Waals surface area contributed by atoms with Crippen molar-refractivity contribution in [2.75, 3.05) is 19.6 Å². The van der Waals surface area contributed by atoms with Crippen LogP contribution in [0.3, 0.4) is 0 Å². The van der Waals surface area contributed by atoms with E-state index in [1.807, 2.05) is 6.92 Å². The maximum absolute atomic E-state index is 3.54. The van der Waals surface area contributed by atoms with E-state index in [9.17, 15) is 0 Å². The summed E-state index contributed by atoms with van der Waals surface area (Å²) < 4.78 is 0. The summed E-state index contributed by atoms with van der Waals surface area (Å²) in [5.74, 6) is 6.00. The van der Waals surface area contributed by atoms with Crippen molar-refractivity contribution in [1.82, 2.24) is 10.2 Å². The van der Waals surface area contributed by atoms with Gasteiger partial charge in [-0.25, -0.2) is 0 Å². The topological polar surface area (TPSA) is 15.3 Å². The van der Waals surface area contributed by atoms with Crippen LogP contribution in [-0.4, -0.2) is 36.6 Å². The number of nitrogens with one attached hydrogen (secondary N) is 1. The van der Waals surface area contributed by atoms with Crippen molar-refractivity contribution < 1.29 is 0 Å². The first-order valence-corrected chi connectivity index (χ1v) is 5.29. The average molecular weight is 178 g/mol. The molecule has 0 radical (unpaired) electrons. The highest BCUT2D eigenvalue weighted by atomic mass is 15.2. The lowest BCUT2D eigenvalue weighted by Gasteiger charge is -2.20. The van der Waals surface area contributed by atoms with Crippen LogP contribution in [-0.2, 0) is 0 Å². The second-order valence-corrected chi connectivity index (χ2v) is 3.95. The van der Waals surface area contributed by atoms with Crippen LogP contribution in [0.25, 0.3) is 0 Å². The molecule has 2 aliphatic rings. The summed E-state index contributed by atoms with van der Waals surface area (Å²) in [6.07, 6.45) is 4.09. The molecule has 0 spiro atoms. The van der Waals surface area contributed by atoms with Gasteiger partial charge in [-0.15, -0.1) is 5.92 Å². The van der Waals surface area contributed by atoms with Gasteiger partial charge in [0.05, 0.1) is 6.54 Å². The van der Waals surface area contributed by atoms with Gasteiger partial charge in [0, 0.05) is 18.6 Å². The summed E-state index contributed by atoms with van der Waals surface area (Å²) in [4.78, 5) is 2.62. The van der Waals surface area contributed by atoms with Crippen molar-refractivity contribution in [1.29, 1.82) is 0 Å². The van der Waals surface area contributed by atoms with Crippen LogP contribution in [0.15, 0.2) is 0 Å². The number of hydrogen-bond acceptors (Lipinski definition) is 2. The highest BCUT2D eigenvalue weighted by molar-refractivity contribution is 5.01. The molecule has 2 unspecified atom stereocenters. The van der Waals surface area contributed by atoms with Crippen molar-refractivity contribution >= 4 is 0 Å². The number of fused-ring (bicyclic) bond motifs is 1. The average Bonchev–Trinajstić information content (AvgIpc) is 2.68. The summed E-state index contributed by atoms with van der Waals surface area (Å²) in [5, 5.41) is 3.54. The summed E-state index contributed by atoms with van der Waals surface area (Å²) in [6, 6.07) is 1.53. The highest BCUT2D eigenvalue weighted by Gasteiger charge is 2.36. The first-order valence-electron chi connectivity index (χ1n) is 5.29. The molecule has 0 bridgehead atoms. The Bertz CT molecular complexity index is 226. The fraction of sp³-hybridized carbons (Fsp3) is 0.818. The van der Waals surface area contributed by atoms with E-state index in [0.29, 0.717) is 6.04 Å². The minimum atomic E-state index is 0.711. The smallest absolute Gasteiger partial charge is 0.0579 e. The van der Waals surface area contributed by atoms with E-state index in [1.165, 1.54) is 32.4 Å². The minimum Gasteiger partial charge on any atom is -0.302 e. The van der Waals surface area contributed by atoms with Crippen LogP contribution in [0.5, 0.6) is 0 Å². The Hall–Kier alpha value is -0.520. The molecule has 2 atom stereocenters. The maximum Gasteiger partial charge on any atom is 0.0579 e. The molecule has 0 amide bonds. The van der Waals surface area contributed by atoms with Crippen LogP contribution >= 0.6 is 0 Å². The Morgan fingerprint density at radius 1 is 1.38 bits per heavy atom. The predicted molar refractivity (Wildman–Crippen MR) is 54.5 cm³/mol. The quantitative estimate of drug-likeness (QED) is 0.630. The first-order chi connectivity index (χ1) is 6.42. The lowest BCUT2D eigenvalue weighted by atomic mass is 10.1. The zero-order valence-electron chi connectivity index (χ0n) is 8.34. The number of hydrogen-bond donors (Lipinski definition) is 1. The third kappa shape index (κ3) is 1.87. The van der Waals surface area contributed by atoms with Crippen molar-refractivity contribution in [2.45, 2.75) is 38.3 Å². The molecule has 0 aromatic rings. The van der Waals surface area contributed by atoms with Gasteiger partial charge in [-0.1, -0.05) is 5.92 Å². The summed E-state index contributed by atoms with van der Waals surface area (Å²) in [7, 11) is 0. The van der Waals surface area contributed by atoms with E-state index in [2.05, 4.69) is 22.1 Å². The molecule has 0 saturated carbocycles. The zero-order chi connectivity index (χ0) is 9.10. The lowest BCUT2D eigenvalue weighted by Crippen LogP contribution is -2.39. The first kappa shape index (κ1) is 9.05. The second-order valence-electron chi connectivity index (χ2n) is 3.95. The van der Waals surface area contributed by atoms with Crippen LogP contribution in [0, 0.1) is 11.8 Å². The molecule has 0 aliphatic carbocycles. The molecule has 0 aromatic heterocycles. The van der Waals surface area contributed by atoms with E-state index in [0.717, 1.165) is 12.6 Å². The van der Waals surface area contributed by atoms with E-state index < -0.39 is 0 Å². The molecule has 2 heteroatoms. The predicted octanol–water partition coefficient (Wildman–Crippen LogP) is 0.836. The van der Waals surface area contributed by atoms with Gasteiger partial charge in [0.2, 0.25) is 0 Å². The van der Waals surface area contributed by atoms with Gasteiger partial charge < -0.3 is 5.32 Å². The standard InChI is InChI=1S/C11H18N2/c1-2-3-7-12-10-6-9-13-8-4-5-11(10)13/h10-12H,4-9H2,1H3. The monoisotopic (exact) mass is 178 g/mol. The van der Waals surface area contributed by atoms with Gasteiger partial charge >= 0.3 is 0 Å². The van der Waals surface area contributed by atoms with Crippen molar-refractivity contribution in [3.8, 4) is 11.8 Å². The lowest BCUT2D eigenvalue weighted by molar-refractivity contribution is 0.302. The minimum absolute atomic E-state index is 0.711. The van der Waals surface area contributed by atoms with E-state index >= 15 is 0 Å². The van der Waals surface area contributed by atoms with Gasteiger partial charge in [0.15, 0.2) is 0 Å². The van der Waals surface area contributed by atoms with Gasteiger partial charge in [0.1, 0.15) is 0 Å². The van der Waals surface area contributed by atoms with Gasteiger partial charge in [-0.3, -0.25) is 4.90 Å². The molecule has 0 aromatic carbocycles. The molecule has 2 nitrogen and oxygen atoms in total. The Morgan fingerprint density at radius 3 is 3.15 bits per heavy atom. The van der Waals surface area contributed by atoms with Gasteiger partial charge in [-0.05, 0) is 32.7 Å². The van der Waals surface area contributed by atoms with E-state index in [1.54, 1.807) is 0 Å². The zero-order valence-corrected chi connectivity index (χ0v) is 8.34. The molecule has 1 N–H and O–H groups in total. The number of nitrogens with zero attached hydrogens (tertiary/aromatic N) is 1. The van der Waals surface area contributed by atoms with Crippen molar-refractivity contribution in [3.05, 3.63) is 0 Å². The van der Waals surface area contributed by atoms with Crippen LogP contribution in [0.1, 0.15) is 26.2 Å². The Kier molecular flexibility index (Phi) is 2.87. The SMILES string of the molecule is CC#CCNC1CCN2CCCC12. The molecule has 13 heavy (non-hydrogen) atoms. The van der Waals surface area contributed by atoms with Crippen LogP contribution in [0.2, 0.25) is 0 Å².